The number of piperazine rings is 1. The van der Waals surface area contributed by atoms with E-state index in [1.54, 1.807) is 0 Å². The molecule has 19 heavy (non-hydrogen) atoms. The van der Waals surface area contributed by atoms with Gasteiger partial charge in [0.15, 0.2) is 0 Å². The van der Waals surface area contributed by atoms with Crippen molar-refractivity contribution in [3.63, 3.8) is 0 Å². The summed E-state index contributed by atoms with van der Waals surface area (Å²) in [7, 11) is 0. The standard InChI is InChI=1S/C15H23N3O/c1-14(2,18-9-7-17-8-10-18)15(11-19-12-15)13-3-5-16-6-4-13/h3-6,17H,7-12H2,1-2H3. The SMILES string of the molecule is CC(C)(N1CCNCC1)C1(c2ccncc2)COC1. The normalized spacial score (nSPS) is 23.9. The predicted octanol–water partition coefficient (Wildman–Crippen LogP) is 1.03. The van der Waals surface area contributed by atoms with E-state index in [9.17, 15) is 0 Å². The molecular weight excluding hydrogens is 238 g/mol. The van der Waals surface area contributed by atoms with Gasteiger partial charge < -0.3 is 10.1 Å². The zero-order valence-corrected chi connectivity index (χ0v) is 11.9. The highest BCUT2D eigenvalue weighted by Gasteiger charge is 2.54. The van der Waals surface area contributed by atoms with E-state index in [4.69, 9.17) is 4.74 Å². The second-order valence-corrected chi connectivity index (χ2v) is 6.11. The van der Waals surface area contributed by atoms with Crippen molar-refractivity contribution < 1.29 is 4.74 Å². The lowest BCUT2D eigenvalue weighted by Gasteiger charge is -2.58. The van der Waals surface area contributed by atoms with E-state index in [-0.39, 0.29) is 11.0 Å². The Labute approximate surface area is 115 Å². The van der Waals surface area contributed by atoms with Crippen LogP contribution in [0.4, 0.5) is 0 Å². The molecule has 4 nitrogen and oxygen atoms in total. The van der Waals surface area contributed by atoms with E-state index >= 15 is 0 Å². The largest absolute Gasteiger partial charge is 0.379 e. The Hall–Kier alpha value is -0.970. The molecule has 3 rings (SSSR count). The molecule has 3 heterocycles. The van der Waals surface area contributed by atoms with Gasteiger partial charge in [0, 0.05) is 44.1 Å². The van der Waals surface area contributed by atoms with E-state index in [0.717, 1.165) is 39.4 Å². The Balaban J connectivity index is 1.92. The first-order valence-corrected chi connectivity index (χ1v) is 7.11. The summed E-state index contributed by atoms with van der Waals surface area (Å²) in [6.45, 7) is 10.7. The molecule has 0 saturated carbocycles. The van der Waals surface area contributed by atoms with Crippen LogP contribution in [-0.4, -0.2) is 54.8 Å². The lowest BCUT2D eigenvalue weighted by atomic mass is 9.64. The number of hydrogen-bond donors (Lipinski definition) is 1. The molecule has 1 aromatic rings. The number of nitrogens with zero attached hydrogens (tertiary/aromatic N) is 2. The van der Waals surface area contributed by atoms with Crippen LogP contribution < -0.4 is 5.32 Å². The quantitative estimate of drug-likeness (QED) is 0.882. The van der Waals surface area contributed by atoms with Gasteiger partial charge in [0.1, 0.15) is 0 Å². The molecule has 104 valence electrons. The summed E-state index contributed by atoms with van der Waals surface area (Å²) >= 11 is 0. The maximum atomic E-state index is 5.61. The fraction of sp³-hybridized carbons (Fsp3) is 0.667. The van der Waals surface area contributed by atoms with Crippen LogP contribution in [0.2, 0.25) is 0 Å². The van der Waals surface area contributed by atoms with Crippen LogP contribution in [0.3, 0.4) is 0 Å². The summed E-state index contributed by atoms with van der Waals surface area (Å²) in [4.78, 5) is 6.75. The third-order valence-corrected chi connectivity index (χ3v) is 5.01. The Bertz CT molecular complexity index is 422. The summed E-state index contributed by atoms with van der Waals surface area (Å²) < 4.78 is 5.61. The molecule has 0 unspecified atom stereocenters. The van der Waals surface area contributed by atoms with Gasteiger partial charge in [0.2, 0.25) is 0 Å². The van der Waals surface area contributed by atoms with Crippen LogP contribution >= 0.6 is 0 Å². The Morgan fingerprint density at radius 3 is 2.37 bits per heavy atom. The van der Waals surface area contributed by atoms with Crippen LogP contribution in [-0.2, 0) is 10.2 Å². The van der Waals surface area contributed by atoms with Gasteiger partial charge in [-0.25, -0.2) is 0 Å². The molecule has 2 fully saturated rings. The minimum atomic E-state index is 0.104. The zero-order chi connectivity index (χ0) is 13.3. The van der Waals surface area contributed by atoms with Crippen molar-refractivity contribution in [3.8, 4) is 0 Å². The number of aromatic nitrogens is 1. The fourth-order valence-electron chi connectivity index (χ4n) is 3.38. The molecule has 0 bridgehead atoms. The number of nitrogens with one attached hydrogen (secondary N) is 1. The summed E-state index contributed by atoms with van der Waals surface area (Å²) in [5, 5.41) is 3.43. The van der Waals surface area contributed by atoms with E-state index in [2.05, 4.69) is 41.2 Å². The second kappa shape index (κ2) is 4.85. The predicted molar refractivity (Wildman–Crippen MR) is 75.3 cm³/mol. The van der Waals surface area contributed by atoms with Crippen LogP contribution in [0.5, 0.6) is 0 Å². The molecule has 2 aliphatic heterocycles. The number of rotatable bonds is 3. The topological polar surface area (TPSA) is 37.4 Å². The monoisotopic (exact) mass is 261 g/mol. The van der Waals surface area contributed by atoms with Gasteiger partial charge in [0.05, 0.1) is 18.6 Å². The van der Waals surface area contributed by atoms with Crippen molar-refractivity contribution in [2.24, 2.45) is 0 Å². The van der Waals surface area contributed by atoms with Crippen LogP contribution in [0.1, 0.15) is 19.4 Å². The van der Waals surface area contributed by atoms with Gasteiger partial charge in [-0.2, -0.15) is 0 Å². The van der Waals surface area contributed by atoms with Crippen LogP contribution in [0.25, 0.3) is 0 Å². The first-order chi connectivity index (χ1) is 9.17. The van der Waals surface area contributed by atoms with E-state index in [1.165, 1.54) is 5.56 Å². The summed E-state index contributed by atoms with van der Waals surface area (Å²) in [6.07, 6.45) is 3.78. The summed E-state index contributed by atoms with van der Waals surface area (Å²) in [5.41, 5.74) is 1.57. The van der Waals surface area contributed by atoms with Gasteiger partial charge >= 0.3 is 0 Å². The third-order valence-electron chi connectivity index (χ3n) is 5.01. The maximum absolute atomic E-state index is 5.61. The third kappa shape index (κ3) is 1.98. The van der Waals surface area contributed by atoms with Crippen molar-refractivity contribution in [3.05, 3.63) is 30.1 Å². The van der Waals surface area contributed by atoms with Gasteiger partial charge in [-0.15, -0.1) is 0 Å². The van der Waals surface area contributed by atoms with Crippen LogP contribution in [0.15, 0.2) is 24.5 Å². The van der Waals surface area contributed by atoms with Crippen LogP contribution in [0, 0.1) is 0 Å². The van der Waals surface area contributed by atoms with E-state index in [1.807, 2.05) is 12.4 Å². The molecule has 0 amide bonds. The fourth-order valence-corrected chi connectivity index (χ4v) is 3.38. The summed E-state index contributed by atoms with van der Waals surface area (Å²) in [6, 6.07) is 4.29. The number of pyridine rings is 1. The molecule has 1 aromatic heterocycles. The van der Waals surface area contributed by atoms with Gasteiger partial charge in [-0.1, -0.05) is 0 Å². The average molecular weight is 261 g/mol. The first-order valence-electron chi connectivity index (χ1n) is 7.11. The van der Waals surface area contributed by atoms with E-state index in [0.29, 0.717) is 0 Å². The van der Waals surface area contributed by atoms with E-state index < -0.39 is 0 Å². The lowest BCUT2D eigenvalue weighted by Crippen LogP contribution is -2.69. The lowest BCUT2D eigenvalue weighted by molar-refractivity contribution is -0.136. The van der Waals surface area contributed by atoms with Crippen molar-refractivity contribution in [2.45, 2.75) is 24.8 Å². The van der Waals surface area contributed by atoms with Crippen molar-refractivity contribution in [2.75, 3.05) is 39.4 Å². The molecule has 0 spiro atoms. The van der Waals surface area contributed by atoms with Crippen molar-refractivity contribution >= 4 is 0 Å². The Morgan fingerprint density at radius 2 is 1.84 bits per heavy atom. The van der Waals surface area contributed by atoms with Gasteiger partial charge in [-0.3, -0.25) is 9.88 Å². The molecule has 1 N–H and O–H groups in total. The minimum absolute atomic E-state index is 0.104. The highest BCUT2D eigenvalue weighted by atomic mass is 16.5. The number of ether oxygens (including phenoxy) is 1. The minimum Gasteiger partial charge on any atom is -0.379 e. The molecular formula is C15H23N3O. The highest BCUT2D eigenvalue weighted by Crippen LogP contribution is 2.44. The highest BCUT2D eigenvalue weighted by molar-refractivity contribution is 5.32. The Kier molecular flexibility index (Phi) is 3.33. The zero-order valence-electron chi connectivity index (χ0n) is 11.9. The van der Waals surface area contributed by atoms with Gasteiger partial charge in [0.25, 0.3) is 0 Å². The molecule has 4 heteroatoms. The van der Waals surface area contributed by atoms with Gasteiger partial charge in [-0.05, 0) is 31.5 Å². The second-order valence-electron chi connectivity index (χ2n) is 6.11. The molecule has 0 atom stereocenters. The molecule has 0 radical (unpaired) electrons. The maximum Gasteiger partial charge on any atom is 0.0603 e. The molecule has 2 saturated heterocycles. The smallest absolute Gasteiger partial charge is 0.0603 e. The Morgan fingerprint density at radius 1 is 1.21 bits per heavy atom. The molecule has 0 aromatic carbocycles. The molecule has 0 aliphatic carbocycles. The average Bonchev–Trinajstić information content (AvgIpc) is 2.39. The number of hydrogen-bond acceptors (Lipinski definition) is 4. The molecule has 2 aliphatic rings. The summed E-state index contributed by atoms with van der Waals surface area (Å²) in [5.74, 6) is 0. The van der Waals surface area contributed by atoms with Crippen molar-refractivity contribution in [1.82, 2.24) is 15.2 Å². The van der Waals surface area contributed by atoms with Crippen molar-refractivity contribution in [1.29, 1.82) is 0 Å². The first kappa shape index (κ1) is 13.0.